The van der Waals surface area contributed by atoms with Gasteiger partial charge in [-0.25, -0.2) is 0 Å². The van der Waals surface area contributed by atoms with Gasteiger partial charge in [0, 0.05) is 30.7 Å². The summed E-state index contributed by atoms with van der Waals surface area (Å²) in [6, 6.07) is 21.3. The highest BCUT2D eigenvalue weighted by Crippen LogP contribution is 2.52. The lowest BCUT2D eigenvalue weighted by Gasteiger charge is -2.39. The van der Waals surface area contributed by atoms with Crippen LogP contribution in [0.4, 0.5) is 0 Å². The smallest absolute Gasteiger partial charge is 0.204 e. The highest BCUT2D eigenvalue weighted by Gasteiger charge is 2.35. The summed E-state index contributed by atoms with van der Waals surface area (Å²) in [6.07, 6.45) is 3.40. The highest BCUT2D eigenvalue weighted by molar-refractivity contribution is 5.64. The average molecular weight is 637 g/mol. The molecule has 0 saturated carbocycles. The Morgan fingerprint density at radius 1 is 0.681 bits per heavy atom. The summed E-state index contributed by atoms with van der Waals surface area (Å²) in [4.78, 5) is 4.94. The van der Waals surface area contributed by atoms with Gasteiger partial charge >= 0.3 is 0 Å². The molecule has 47 heavy (non-hydrogen) atoms. The molecule has 0 saturated heterocycles. The van der Waals surface area contributed by atoms with Gasteiger partial charge in [-0.15, -0.1) is 0 Å². The quantitative estimate of drug-likeness (QED) is 0.223. The molecule has 4 aliphatic rings. The molecule has 0 radical (unpaired) electrons. The molecule has 4 aliphatic heterocycles. The Hall–Kier alpha value is -4.40. The first-order chi connectivity index (χ1) is 22.9. The number of rotatable bonds is 5. The summed E-state index contributed by atoms with van der Waals surface area (Å²) in [7, 11) is 8.96. The molecule has 4 aromatic rings. The Morgan fingerprint density at radius 3 is 2.09 bits per heavy atom. The number of hydrogen-bond donors (Lipinski definition) is 0. The molecule has 8 heteroatoms. The lowest BCUT2D eigenvalue weighted by Crippen LogP contribution is -2.37. The van der Waals surface area contributed by atoms with E-state index in [9.17, 15) is 0 Å². The topological polar surface area (TPSA) is 61.9 Å². The molecule has 8 nitrogen and oxygen atoms in total. The highest BCUT2D eigenvalue weighted by atomic mass is 16.5. The van der Waals surface area contributed by atoms with Gasteiger partial charge in [0.15, 0.2) is 34.5 Å². The summed E-state index contributed by atoms with van der Waals surface area (Å²) >= 11 is 0. The van der Waals surface area contributed by atoms with E-state index < -0.39 is 0 Å². The Morgan fingerprint density at radius 2 is 1.36 bits per heavy atom. The Bertz CT molecular complexity index is 1770. The van der Waals surface area contributed by atoms with Crippen molar-refractivity contribution in [1.29, 1.82) is 0 Å². The second kappa shape index (κ2) is 13.0. The summed E-state index contributed by atoms with van der Waals surface area (Å²) in [5, 5.41) is 0. The molecule has 0 N–H and O–H groups in total. The second-order valence-electron chi connectivity index (χ2n) is 12.6. The van der Waals surface area contributed by atoms with Crippen LogP contribution in [0.1, 0.15) is 52.4 Å². The minimum absolute atomic E-state index is 0.0143. The summed E-state index contributed by atoms with van der Waals surface area (Å²) < 4.78 is 37.3. The molecule has 246 valence electrons. The fraction of sp³-hybridized carbons (Fsp3) is 0.385. The van der Waals surface area contributed by atoms with Crippen LogP contribution in [0.25, 0.3) is 0 Å². The fourth-order valence-electron chi connectivity index (χ4n) is 7.56. The lowest BCUT2D eigenvalue weighted by molar-refractivity contribution is 0.188. The van der Waals surface area contributed by atoms with Crippen LogP contribution in [0, 0.1) is 0 Å². The van der Waals surface area contributed by atoms with Crippen LogP contribution in [-0.2, 0) is 25.7 Å². The Balaban J connectivity index is 1.48. The van der Waals surface area contributed by atoms with E-state index in [4.69, 9.17) is 28.4 Å². The molecule has 0 aromatic heterocycles. The van der Waals surface area contributed by atoms with Crippen molar-refractivity contribution in [2.24, 2.45) is 0 Å². The van der Waals surface area contributed by atoms with Gasteiger partial charge in [0.1, 0.15) is 5.75 Å². The predicted octanol–water partition coefficient (Wildman–Crippen LogP) is 7.55. The van der Waals surface area contributed by atoms with Crippen molar-refractivity contribution in [2.45, 2.75) is 44.7 Å². The van der Waals surface area contributed by atoms with E-state index in [0.29, 0.717) is 40.2 Å². The number of ether oxygens (including phenoxy) is 6. The van der Waals surface area contributed by atoms with Crippen LogP contribution in [0.15, 0.2) is 60.7 Å². The van der Waals surface area contributed by atoms with Crippen molar-refractivity contribution >= 4 is 0 Å². The number of hydrogen-bond acceptors (Lipinski definition) is 8. The van der Waals surface area contributed by atoms with Gasteiger partial charge in [0.25, 0.3) is 0 Å². The van der Waals surface area contributed by atoms with E-state index in [1.807, 2.05) is 6.07 Å². The third-order valence-corrected chi connectivity index (χ3v) is 10.1. The van der Waals surface area contributed by atoms with E-state index in [-0.39, 0.29) is 12.1 Å². The van der Waals surface area contributed by atoms with E-state index in [1.165, 1.54) is 22.3 Å². The van der Waals surface area contributed by atoms with Gasteiger partial charge in [-0.1, -0.05) is 25.1 Å². The first-order valence-electron chi connectivity index (χ1n) is 16.5. The lowest BCUT2D eigenvalue weighted by atomic mass is 9.87. The van der Waals surface area contributed by atoms with E-state index in [0.717, 1.165) is 62.2 Å². The number of nitrogens with zero attached hydrogens (tertiary/aromatic N) is 2. The van der Waals surface area contributed by atoms with Crippen molar-refractivity contribution in [3.05, 3.63) is 94.0 Å². The molecule has 4 heterocycles. The zero-order valence-electron chi connectivity index (χ0n) is 28.2. The second-order valence-corrected chi connectivity index (χ2v) is 12.6. The first kappa shape index (κ1) is 31.2. The maximum atomic E-state index is 7.07. The minimum Gasteiger partial charge on any atom is -0.493 e. The summed E-state index contributed by atoms with van der Waals surface area (Å²) in [6.45, 7) is 4.99. The molecule has 0 fully saturated rings. The molecule has 0 spiro atoms. The standard InChI is InChI=1S/C39H44N2O6/c1-7-41-17-15-27-22-36(44-5)38(45-6)39-37(27)31(41)19-25-10-13-32(42-3)34(20-25)46-28-11-8-24(9-12-28)18-30-29-23-35(47-39)33(43-4)21-26(29)14-16-40(30)2/h8-13,20-23,30-31H,7,14-19H2,1-6H3. The zero-order valence-corrected chi connectivity index (χ0v) is 28.2. The first-order valence-corrected chi connectivity index (χ1v) is 16.5. The van der Waals surface area contributed by atoms with Gasteiger partial charge in [-0.2, -0.15) is 0 Å². The van der Waals surface area contributed by atoms with Gasteiger partial charge in [0.05, 0.1) is 28.4 Å². The normalized spacial score (nSPS) is 19.0. The van der Waals surface area contributed by atoms with E-state index >= 15 is 0 Å². The summed E-state index contributed by atoms with van der Waals surface area (Å²) in [5.41, 5.74) is 7.20. The van der Waals surface area contributed by atoms with Crippen LogP contribution in [0.2, 0.25) is 0 Å². The maximum Gasteiger partial charge on any atom is 0.204 e. The van der Waals surface area contributed by atoms with Crippen LogP contribution >= 0.6 is 0 Å². The Labute approximate surface area is 277 Å². The fourth-order valence-corrected chi connectivity index (χ4v) is 7.56. The van der Waals surface area contributed by atoms with Crippen LogP contribution in [-0.4, -0.2) is 64.9 Å². The Kier molecular flexibility index (Phi) is 8.64. The zero-order chi connectivity index (χ0) is 32.7. The third kappa shape index (κ3) is 5.74. The molecular formula is C39H44N2O6. The van der Waals surface area contributed by atoms with Crippen LogP contribution < -0.4 is 28.4 Å². The van der Waals surface area contributed by atoms with Gasteiger partial charge in [-0.05, 0) is 110 Å². The SMILES string of the molecule is CCN1CCc2cc(OC)c(OC)c3c2C1Cc1ccc(OC)c(c1)Oc1ccc(cc1)CC1c2cc(c(OC)cc2CCN1C)O3. The maximum absolute atomic E-state index is 7.07. The van der Waals surface area contributed by atoms with Crippen LogP contribution in [0.5, 0.6) is 46.0 Å². The van der Waals surface area contributed by atoms with Crippen LogP contribution in [0.3, 0.4) is 0 Å². The number of fused-ring (bicyclic) bond motifs is 2. The van der Waals surface area contributed by atoms with Gasteiger partial charge < -0.3 is 28.4 Å². The number of likely N-dealkylation sites (N-methyl/N-ethyl adjacent to an activating group) is 2. The monoisotopic (exact) mass is 636 g/mol. The molecule has 8 rings (SSSR count). The molecule has 0 amide bonds. The molecule has 4 aromatic carbocycles. The van der Waals surface area contributed by atoms with Gasteiger partial charge in [0.2, 0.25) is 5.75 Å². The van der Waals surface area contributed by atoms with Crippen molar-refractivity contribution in [3.8, 4) is 46.0 Å². The van der Waals surface area contributed by atoms with Crippen molar-refractivity contribution in [1.82, 2.24) is 9.80 Å². The molecule has 2 atom stereocenters. The van der Waals surface area contributed by atoms with Crippen molar-refractivity contribution in [2.75, 3.05) is 55.1 Å². The predicted molar refractivity (Wildman–Crippen MR) is 182 cm³/mol. The van der Waals surface area contributed by atoms with E-state index in [2.05, 4.69) is 78.4 Å². The molecule has 0 aliphatic carbocycles. The number of methoxy groups -OCH3 is 4. The minimum atomic E-state index is 0.0143. The number of benzene rings is 4. The molecule has 2 unspecified atom stereocenters. The largest absolute Gasteiger partial charge is 0.493 e. The van der Waals surface area contributed by atoms with Crippen molar-refractivity contribution in [3.63, 3.8) is 0 Å². The van der Waals surface area contributed by atoms with Crippen molar-refractivity contribution < 1.29 is 28.4 Å². The summed E-state index contributed by atoms with van der Waals surface area (Å²) in [5.74, 6) is 5.45. The third-order valence-electron chi connectivity index (χ3n) is 10.1. The molecular weight excluding hydrogens is 592 g/mol. The molecule has 6 bridgehead atoms. The average Bonchev–Trinajstić information content (AvgIpc) is 3.09. The van der Waals surface area contributed by atoms with Gasteiger partial charge in [-0.3, -0.25) is 9.80 Å². The van der Waals surface area contributed by atoms with E-state index in [1.54, 1.807) is 28.4 Å².